The number of anilines is 1. The lowest BCUT2D eigenvalue weighted by Gasteiger charge is -2.30. The van der Waals surface area contributed by atoms with Crippen LogP contribution in [0.1, 0.15) is 17.7 Å². The number of aromatic nitrogens is 1. The third kappa shape index (κ3) is 2.99. The highest BCUT2D eigenvalue weighted by Gasteiger charge is 2.43. The van der Waals surface area contributed by atoms with E-state index in [2.05, 4.69) is 9.88 Å². The number of benzene rings is 2. The lowest BCUT2D eigenvalue weighted by atomic mass is 10.0. The molecule has 148 valence electrons. The van der Waals surface area contributed by atoms with Crippen molar-refractivity contribution in [2.45, 2.75) is 25.4 Å². The number of nitrogens with zero attached hydrogens (tertiary/aromatic N) is 2. The Kier molecular flexibility index (Phi) is 4.33. The first-order chi connectivity index (χ1) is 14.0. The topological polar surface area (TPSA) is 65.6 Å². The van der Waals surface area contributed by atoms with Crippen LogP contribution >= 0.6 is 11.6 Å². The van der Waals surface area contributed by atoms with Crippen molar-refractivity contribution in [3.05, 3.63) is 58.7 Å². The highest BCUT2D eigenvalue weighted by molar-refractivity contribution is 6.30. The molecule has 2 aliphatic rings. The fourth-order valence-corrected chi connectivity index (χ4v) is 4.52. The number of carbonyl (C=O) groups is 2. The summed E-state index contributed by atoms with van der Waals surface area (Å²) in [5.74, 6) is 0.491. The smallest absolute Gasteiger partial charge is 0.251 e. The van der Waals surface area contributed by atoms with Crippen LogP contribution in [0.25, 0.3) is 10.9 Å². The van der Waals surface area contributed by atoms with Crippen molar-refractivity contribution in [2.75, 3.05) is 18.6 Å². The van der Waals surface area contributed by atoms with Crippen LogP contribution in [-0.2, 0) is 22.6 Å². The van der Waals surface area contributed by atoms with Crippen molar-refractivity contribution in [1.82, 2.24) is 9.88 Å². The average Bonchev–Trinajstić information content (AvgIpc) is 3.24. The molecule has 6 nitrogen and oxygen atoms in total. The van der Waals surface area contributed by atoms with Gasteiger partial charge in [-0.2, -0.15) is 0 Å². The van der Waals surface area contributed by atoms with Crippen molar-refractivity contribution in [3.63, 3.8) is 0 Å². The van der Waals surface area contributed by atoms with Gasteiger partial charge in [-0.3, -0.25) is 14.5 Å². The zero-order valence-corrected chi connectivity index (χ0v) is 16.7. The summed E-state index contributed by atoms with van der Waals surface area (Å²) in [6.07, 6.45) is 1.02. The number of amides is 2. The number of ether oxygens (including phenoxy) is 1. The molecule has 1 N–H and O–H groups in total. The molecule has 1 saturated heterocycles. The fourth-order valence-electron chi connectivity index (χ4n) is 4.40. The maximum Gasteiger partial charge on any atom is 0.251 e. The molecule has 3 aromatic rings. The molecule has 5 rings (SSSR count). The number of methoxy groups -OCH3 is 1. The largest absolute Gasteiger partial charge is 0.497 e. The van der Waals surface area contributed by atoms with Gasteiger partial charge in [0, 0.05) is 34.7 Å². The van der Waals surface area contributed by atoms with Gasteiger partial charge in [0.15, 0.2) is 0 Å². The average molecular weight is 410 g/mol. The second-order valence-corrected chi connectivity index (χ2v) is 7.91. The first kappa shape index (κ1) is 18.2. The number of nitrogens with one attached hydrogen (secondary N) is 1. The van der Waals surface area contributed by atoms with Gasteiger partial charge in [-0.25, -0.2) is 4.90 Å². The van der Waals surface area contributed by atoms with Crippen molar-refractivity contribution in [3.8, 4) is 5.75 Å². The molecular formula is C22H20ClN3O3. The number of hydrogen-bond donors (Lipinski definition) is 1. The highest BCUT2D eigenvalue weighted by atomic mass is 35.5. The monoisotopic (exact) mass is 409 g/mol. The number of aromatic amines is 1. The van der Waals surface area contributed by atoms with E-state index in [0.29, 0.717) is 17.3 Å². The number of hydrogen-bond acceptors (Lipinski definition) is 4. The van der Waals surface area contributed by atoms with Crippen molar-refractivity contribution in [1.29, 1.82) is 0 Å². The second kappa shape index (κ2) is 6.90. The zero-order chi connectivity index (χ0) is 20.1. The van der Waals surface area contributed by atoms with Crippen LogP contribution < -0.4 is 9.64 Å². The molecule has 0 radical (unpaired) electrons. The molecule has 1 fully saturated rings. The van der Waals surface area contributed by atoms with Gasteiger partial charge in [-0.1, -0.05) is 11.6 Å². The highest BCUT2D eigenvalue weighted by Crippen LogP contribution is 2.33. The molecule has 0 saturated carbocycles. The van der Waals surface area contributed by atoms with Gasteiger partial charge < -0.3 is 9.72 Å². The van der Waals surface area contributed by atoms with Gasteiger partial charge in [0.1, 0.15) is 5.75 Å². The molecule has 0 spiro atoms. The molecule has 29 heavy (non-hydrogen) atoms. The Bertz CT molecular complexity index is 1120. The third-order valence-corrected chi connectivity index (χ3v) is 6.11. The Hall–Kier alpha value is -2.83. The Labute approximate surface area is 173 Å². The normalized spacial score (nSPS) is 19.8. The Balaban J connectivity index is 1.41. The van der Waals surface area contributed by atoms with E-state index < -0.39 is 6.04 Å². The van der Waals surface area contributed by atoms with Crippen molar-refractivity contribution >= 4 is 40.0 Å². The number of fused-ring (bicyclic) bond motifs is 3. The van der Waals surface area contributed by atoms with Crippen LogP contribution in [-0.4, -0.2) is 41.4 Å². The molecule has 0 bridgehead atoms. The standard InChI is InChI=1S/C22H20ClN3O3/c1-29-15-6-7-18-17(10-15)16-8-9-25(12-19(16)24-18)20-11-21(27)26(22(20)28)14-4-2-13(23)3-5-14/h2-7,10,20,24H,8-9,11-12H2,1H3/t20-/m0/s1. The first-order valence-electron chi connectivity index (χ1n) is 9.59. The summed E-state index contributed by atoms with van der Waals surface area (Å²) < 4.78 is 5.35. The second-order valence-electron chi connectivity index (χ2n) is 7.48. The minimum atomic E-state index is -0.438. The Morgan fingerprint density at radius 2 is 1.93 bits per heavy atom. The lowest BCUT2D eigenvalue weighted by molar-refractivity contribution is -0.123. The summed E-state index contributed by atoms with van der Waals surface area (Å²) in [7, 11) is 1.66. The molecule has 0 unspecified atom stereocenters. The van der Waals surface area contributed by atoms with Crippen LogP contribution in [0, 0.1) is 0 Å². The first-order valence-corrected chi connectivity index (χ1v) is 9.97. The van der Waals surface area contributed by atoms with Gasteiger partial charge in [0.05, 0.1) is 25.3 Å². The SMILES string of the molecule is COc1ccc2[nH]c3c(c2c1)CCN([C@H]1CC(=O)N(c2ccc(Cl)cc2)C1=O)C3. The van der Waals surface area contributed by atoms with Crippen molar-refractivity contribution < 1.29 is 14.3 Å². The number of H-pyrrole nitrogens is 1. The predicted molar refractivity (Wildman–Crippen MR) is 111 cm³/mol. The van der Waals surface area contributed by atoms with E-state index in [-0.39, 0.29) is 18.2 Å². The number of halogens is 1. The van der Waals surface area contributed by atoms with Crippen LogP contribution in [0.15, 0.2) is 42.5 Å². The number of imide groups is 1. The molecular weight excluding hydrogens is 390 g/mol. The van der Waals surface area contributed by atoms with Gasteiger partial charge in [0.25, 0.3) is 5.91 Å². The lowest BCUT2D eigenvalue weighted by Crippen LogP contribution is -2.44. The summed E-state index contributed by atoms with van der Waals surface area (Å²) in [5.41, 5.74) is 4.00. The molecule has 0 aliphatic carbocycles. The van der Waals surface area contributed by atoms with Crippen LogP contribution in [0.5, 0.6) is 5.75 Å². The minimum Gasteiger partial charge on any atom is -0.497 e. The van der Waals surface area contributed by atoms with Gasteiger partial charge in [-0.15, -0.1) is 0 Å². The van der Waals surface area contributed by atoms with E-state index in [4.69, 9.17) is 16.3 Å². The quantitative estimate of drug-likeness (QED) is 0.672. The maximum absolute atomic E-state index is 13.1. The van der Waals surface area contributed by atoms with E-state index in [1.807, 2.05) is 18.2 Å². The molecule has 2 aliphatic heterocycles. The molecule has 2 amide bonds. The van der Waals surface area contributed by atoms with Gasteiger partial charge >= 0.3 is 0 Å². The van der Waals surface area contributed by atoms with Crippen LogP contribution in [0.3, 0.4) is 0 Å². The maximum atomic E-state index is 13.1. The van der Waals surface area contributed by atoms with E-state index in [1.165, 1.54) is 10.5 Å². The van der Waals surface area contributed by atoms with E-state index in [1.54, 1.807) is 31.4 Å². The van der Waals surface area contributed by atoms with E-state index in [9.17, 15) is 9.59 Å². The minimum absolute atomic E-state index is 0.168. The molecule has 1 atom stereocenters. The summed E-state index contributed by atoms with van der Waals surface area (Å²) in [5, 5.41) is 1.74. The molecule has 1 aromatic heterocycles. The summed E-state index contributed by atoms with van der Waals surface area (Å²) >= 11 is 5.93. The molecule has 7 heteroatoms. The number of rotatable bonds is 3. The van der Waals surface area contributed by atoms with Crippen LogP contribution in [0.2, 0.25) is 5.02 Å². The number of carbonyl (C=O) groups excluding carboxylic acids is 2. The van der Waals surface area contributed by atoms with Gasteiger partial charge in [-0.05, 0) is 54.4 Å². The van der Waals surface area contributed by atoms with Crippen LogP contribution in [0.4, 0.5) is 5.69 Å². The third-order valence-electron chi connectivity index (χ3n) is 5.86. The van der Waals surface area contributed by atoms with Crippen molar-refractivity contribution in [2.24, 2.45) is 0 Å². The van der Waals surface area contributed by atoms with Gasteiger partial charge in [0.2, 0.25) is 5.91 Å². The van der Waals surface area contributed by atoms with E-state index in [0.717, 1.165) is 35.3 Å². The Morgan fingerprint density at radius 1 is 1.14 bits per heavy atom. The molecule has 3 heterocycles. The zero-order valence-electron chi connectivity index (χ0n) is 15.9. The predicted octanol–water partition coefficient (Wildman–Crippen LogP) is 3.52. The molecule has 2 aromatic carbocycles. The summed E-state index contributed by atoms with van der Waals surface area (Å²) in [6.45, 7) is 1.35. The summed E-state index contributed by atoms with van der Waals surface area (Å²) in [4.78, 5) is 32.5. The summed E-state index contributed by atoms with van der Waals surface area (Å²) in [6, 6.07) is 12.4. The fraction of sp³-hybridized carbons (Fsp3) is 0.273. The Morgan fingerprint density at radius 3 is 2.69 bits per heavy atom. The van der Waals surface area contributed by atoms with E-state index >= 15 is 0 Å².